The molecule has 4 heterocycles. The van der Waals surface area contributed by atoms with Gasteiger partial charge in [0.05, 0.1) is 11.4 Å². The molecule has 0 fully saturated rings. The van der Waals surface area contributed by atoms with Crippen LogP contribution in [-0.4, -0.2) is 13.4 Å². The molecule has 17 rings (SSSR count). The number of benzene rings is 13. The summed E-state index contributed by atoms with van der Waals surface area (Å²) in [6.45, 7) is -0.238. The van der Waals surface area contributed by atoms with E-state index in [2.05, 4.69) is 313 Å². The van der Waals surface area contributed by atoms with E-state index in [1.165, 1.54) is 81.9 Å². The minimum Gasteiger partial charge on any atom is -0.458 e. The smallest absolute Gasteiger partial charge is 0.256 e. The van der Waals surface area contributed by atoms with Gasteiger partial charge < -0.3 is 14.5 Å². The maximum Gasteiger partial charge on any atom is 0.256 e. The van der Waals surface area contributed by atoms with Gasteiger partial charge in [0.15, 0.2) is 0 Å². The van der Waals surface area contributed by atoms with Crippen molar-refractivity contribution in [2.24, 2.45) is 0 Å². The Hall–Kier alpha value is -10.3. The van der Waals surface area contributed by atoms with Crippen LogP contribution in [0, 0.1) is 0 Å². The topological polar surface area (TPSA) is 15.7 Å². The van der Waals surface area contributed by atoms with Crippen molar-refractivity contribution in [3.63, 3.8) is 0 Å². The number of ether oxygens (including phenoxy) is 1. The van der Waals surface area contributed by atoms with Crippen molar-refractivity contribution in [3.05, 3.63) is 303 Å². The lowest BCUT2D eigenvalue weighted by atomic mass is 9.31. The van der Waals surface area contributed by atoms with Gasteiger partial charge >= 0.3 is 0 Å². The Kier molecular flexibility index (Phi) is 11.4. The average molecular weight is 1080 g/mol. The van der Waals surface area contributed by atoms with Crippen molar-refractivity contribution in [3.8, 4) is 78.3 Å². The number of fused-ring (bicyclic) bond motifs is 8. The van der Waals surface area contributed by atoms with E-state index >= 15 is 0 Å². The molecule has 390 valence electrons. The van der Waals surface area contributed by atoms with Crippen LogP contribution in [-0.2, 0) is 0 Å². The monoisotopic (exact) mass is 1080 g/mol. The standard InChI is InChI=1S/C78H50B2N2OS/c1-7-25-51(26-8-1)57-45-69-75-72(47-57)83-71-44-22-20-42-64(71)80(75)65-49-66-73(50-68(65)82(69)78-61(55-33-15-5-16-34-55)39-24-40-62(78)56-35-17-6-18-36-56)84-74-48-58(52-27-9-2-10-28-52)46-70-76(74)79(66)63-41-19-21-43-67(63)81(70)77-59(53-29-11-3-12-30-53)37-23-38-60(77)54-31-13-4-14-32-54/h1-50H. The van der Waals surface area contributed by atoms with Crippen LogP contribution in [0.4, 0.5) is 34.1 Å². The molecule has 0 bridgehead atoms. The van der Waals surface area contributed by atoms with Crippen LogP contribution in [0.3, 0.4) is 0 Å². The summed E-state index contributed by atoms with van der Waals surface area (Å²) in [7, 11) is 0. The van der Waals surface area contributed by atoms with Gasteiger partial charge in [-0.05, 0) is 114 Å². The summed E-state index contributed by atoms with van der Waals surface area (Å²) in [6, 6.07) is 112. The van der Waals surface area contributed by atoms with Crippen molar-refractivity contribution >= 4 is 92.1 Å². The molecule has 0 unspecified atom stereocenters. The summed E-state index contributed by atoms with van der Waals surface area (Å²) < 4.78 is 7.24. The molecular formula is C78H50B2N2OS. The fourth-order valence-corrected chi connectivity index (χ4v) is 15.2. The minimum absolute atomic E-state index is 0.0979. The van der Waals surface area contributed by atoms with Crippen molar-refractivity contribution in [1.29, 1.82) is 0 Å². The molecule has 0 saturated heterocycles. The van der Waals surface area contributed by atoms with Gasteiger partial charge in [-0.15, -0.1) is 0 Å². The molecule has 0 aromatic heterocycles. The van der Waals surface area contributed by atoms with Gasteiger partial charge in [0, 0.05) is 54.8 Å². The van der Waals surface area contributed by atoms with Gasteiger partial charge in [0.25, 0.3) is 6.71 Å². The summed E-state index contributed by atoms with van der Waals surface area (Å²) in [4.78, 5) is 7.72. The highest BCUT2D eigenvalue weighted by Crippen LogP contribution is 2.53. The minimum atomic E-state index is -0.141. The fourth-order valence-electron chi connectivity index (χ4n) is 13.9. The molecule has 0 radical (unpaired) electrons. The van der Waals surface area contributed by atoms with Crippen molar-refractivity contribution < 1.29 is 4.74 Å². The van der Waals surface area contributed by atoms with Crippen LogP contribution in [0.1, 0.15) is 0 Å². The third-order valence-corrected chi connectivity index (χ3v) is 18.7. The number of rotatable bonds is 8. The third kappa shape index (κ3) is 7.71. The van der Waals surface area contributed by atoms with E-state index in [0.717, 1.165) is 73.1 Å². The largest absolute Gasteiger partial charge is 0.458 e. The van der Waals surface area contributed by atoms with E-state index < -0.39 is 0 Å². The molecule has 84 heavy (non-hydrogen) atoms. The first-order valence-corrected chi connectivity index (χ1v) is 29.8. The van der Waals surface area contributed by atoms with Crippen molar-refractivity contribution in [1.82, 2.24) is 0 Å². The second-order valence-corrected chi connectivity index (χ2v) is 23.3. The summed E-state index contributed by atoms with van der Waals surface area (Å²) in [5.74, 6) is 1.76. The molecular weight excluding hydrogens is 1030 g/mol. The SMILES string of the molecule is c1ccc(-c2cc3c4c(c2)N(c2c(-c5ccccc5)cccc2-c2ccccc2)c2cc5c(cc2B4c2ccccc2O3)B2c3ccccc3N(c3c(-c4ccccc4)cccc3-c3ccccc3)c3cc(-c4ccccc4)cc(c32)S5)cc1. The maximum absolute atomic E-state index is 7.24. The van der Waals surface area contributed by atoms with Crippen molar-refractivity contribution in [2.45, 2.75) is 9.79 Å². The molecule has 4 aliphatic rings. The first-order chi connectivity index (χ1) is 41.7. The van der Waals surface area contributed by atoms with Gasteiger partial charge in [0.2, 0.25) is 6.71 Å². The first-order valence-electron chi connectivity index (χ1n) is 29.0. The van der Waals surface area contributed by atoms with Gasteiger partial charge in [0.1, 0.15) is 11.5 Å². The van der Waals surface area contributed by atoms with Crippen LogP contribution in [0.5, 0.6) is 11.5 Å². The molecule has 13 aromatic rings. The Labute approximate surface area is 494 Å². The Balaban J connectivity index is 0.974. The molecule has 0 N–H and O–H groups in total. The molecule has 0 amide bonds. The Morgan fingerprint density at radius 3 is 1.19 bits per heavy atom. The van der Waals surface area contributed by atoms with E-state index in [1.54, 1.807) is 0 Å². The number of para-hydroxylation sites is 4. The van der Waals surface area contributed by atoms with Gasteiger partial charge in [-0.3, -0.25) is 0 Å². The van der Waals surface area contributed by atoms with E-state index in [0.29, 0.717) is 0 Å². The number of anilines is 6. The second-order valence-electron chi connectivity index (χ2n) is 22.2. The highest BCUT2D eigenvalue weighted by Gasteiger charge is 2.47. The number of hydrogen-bond donors (Lipinski definition) is 0. The van der Waals surface area contributed by atoms with Crippen LogP contribution in [0.15, 0.2) is 313 Å². The third-order valence-electron chi connectivity index (χ3n) is 17.6. The lowest BCUT2D eigenvalue weighted by Gasteiger charge is -2.44. The van der Waals surface area contributed by atoms with Crippen LogP contribution < -0.4 is 47.3 Å². The highest BCUT2D eigenvalue weighted by molar-refractivity contribution is 8.00. The second kappa shape index (κ2) is 19.7. The normalized spacial score (nSPS) is 13.0. The molecule has 0 aliphatic carbocycles. The number of hydrogen-bond acceptors (Lipinski definition) is 4. The molecule has 3 nitrogen and oxygen atoms in total. The Morgan fingerprint density at radius 2 is 0.667 bits per heavy atom. The van der Waals surface area contributed by atoms with Crippen LogP contribution in [0.25, 0.3) is 66.8 Å². The maximum atomic E-state index is 7.24. The summed E-state index contributed by atoms with van der Waals surface area (Å²) in [5.41, 5.74) is 28.3. The molecule has 0 spiro atoms. The molecule has 0 saturated carbocycles. The highest BCUT2D eigenvalue weighted by atomic mass is 32.2. The van der Waals surface area contributed by atoms with Crippen LogP contribution in [0.2, 0.25) is 0 Å². The van der Waals surface area contributed by atoms with E-state index in [-0.39, 0.29) is 13.4 Å². The first kappa shape index (κ1) is 48.4. The lowest BCUT2D eigenvalue weighted by Crippen LogP contribution is -2.63. The van der Waals surface area contributed by atoms with E-state index in [1.807, 2.05) is 11.8 Å². The Bertz CT molecular complexity index is 4620. The summed E-state index contributed by atoms with van der Waals surface area (Å²) in [6.07, 6.45) is 0. The van der Waals surface area contributed by atoms with Crippen molar-refractivity contribution in [2.75, 3.05) is 9.80 Å². The van der Waals surface area contributed by atoms with Gasteiger partial charge in [-0.25, -0.2) is 0 Å². The lowest BCUT2D eigenvalue weighted by molar-refractivity contribution is 0.488. The van der Waals surface area contributed by atoms with E-state index in [4.69, 9.17) is 4.74 Å². The van der Waals surface area contributed by atoms with Gasteiger partial charge in [-0.2, -0.15) is 0 Å². The zero-order valence-corrected chi connectivity index (χ0v) is 46.5. The zero-order valence-electron chi connectivity index (χ0n) is 45.7. The zero-order chi connectivity index (χ0) is 55.2. The fraction of sp³-hybridized carbons (Fsp3) is 0. The molecule has 4 aliphatic heterocycles. The van der Waals surface area contributed by atoms with Crippen LogP contribution >= 0.6 is 11.8 Å². The Morgan fingerprint density at radius 1 is 0.250 bits per heavy atom. The summed E-state index contributed by atoms with van der Waals surface area (Å²) >= 11 is 1.92. The molecule has 0 atom stereocenters. The predicted molar refractivity (Wildman–Crippen MR) is 355 cm³/mol. The quantitative estimate of drug-likeness (QED) is 0.141. The summed E-state index contributed by atoms with van der Waals surface area (Å²) in [5, 5.41) is 0. The van der Waals surface area contributed by atoms with Gasteiger partial charge in [-0.1, -0.05) is 278 Å². The van der Waals surface area contributed by atoms with E-state index in [9.17, 15) is 0 Å². The predicted octanol–water partition coefficient (Wildman–Crippen LogP) is 16.9. The average Bonchev–Trinajstić information content (AvgIpc) is 1.22. The number of nitrogens with zero attached hydrogens (tertiary/aromatic N) is 2. The molecule has 13 aromatic carbocycles. The molecule has 6 heteroatoms.